The van der Waals surface area contributed by atoms with Crippen molar-refractivity contribution in [2.24, 2.45) is 5.92 Å². The van der Waals surface area contributed by atoms with E-state index in [0.29, 0.717) is 12.3 Å². The second-order valence-electron chi connectivity index (χ2n) is 6.51. The zero-order chi connectivity index (χ0) is 15.2. The van der Waals surface area contributed by atoms with Crippen molar-refractivity contribution in [1.29, 1.82) is 0 Å². The Kier molecular flexibility index (Phi) is 6.03. The summed E-state index contributed by atoms with van der Waals surface area (Å²) in [4.78, 5) is 30.3. The van der Waals surface area contributed by atoms with Gasteiger partial charge in [0.1, 0.15) is 0 Å². The minimum absolute atomic E-state index is 0.0808. The first-order chi connectivity index (χ1) is 10.1. The second kappa shape index (κ2) is 7.78. The summed E-state index contributed by atoms with van der Waals surface area (Å²) in [5.41, 5.74) is 0. The van der Waals surface area contributed by atoms with Crippen molar-refractivity contribution in [3.8, 4) is 0 Å². The van der Waals surface area contributed by atoms with E-state index in [0.717, 1.165) is 58.7 Å². The van der Waals surface area contributed by atoms with Crippen LogP contribution < -0.4 is 0 Å². The lowest BCUT2D eigenvalue weighted by atomic mass is 10.1. The minimum atomic E-state index is 0.0808. The van der Waals surface area contributed by atoms with Crippen molar-refractivity contribution in [2.45, 2.75) is 39.5 Å². The first kappa shape index (κ1) is 16.3. The molecule has 0 N–H and O–H groups in total. The number of hydrogen-bond acceptors (Lipinski definition) is 3. The molecule has 2 amide bonds. The molecule has 0 aromatic rings. The Bertz CT molecular complexity index is 357. The topological polar surface area (TPSA) is 43.9 Å². The molecule has 0 atom stereocenters. The van der Waals surface area contributed by atoms with Crippen LogP contribution in [0.3, 0.4) is 0 Å². The highest BCUT2D eigenvalue weighted by Crippen LogP contribution is 2.11. The smallest absolute Gasteiger partial charge is 0.225 e. The lowest BCUT2D eigenvalue weighted by Gasteiger charge is -2.36. The summed E-state index contributed by atoms with van der Waals surface area (Å²) in [6, 6.07) is 0. The normalized spacial score (nSPS) is 20.9. The Morgan fingerprint density at radius 3 is 2.05 bits per heavy atom. The molecule has 0 radical (unpaired) electrons. The van der Waals surface area contributed by atoms with Crippen LogP contribution in [0.5, 0.6) is 0 Å². The Balaban J connectivity index is 1.66. The largest absolute Gasteiger partial charge is 0.343 e. The minimum Gasteiger partial charge on any atom is -0.343 e. The van der Waals surface area contributed by atoms with Gasteiger partial charge in [-0.3, -0.25) is 14.5 Å². The van der Waals surface area contributed by atoms with E-state index in [1.165, 1.54) is 6.42 Å². The third kappa shape index (κ3) is 4.70. The van der Waals surface area contributed by atoms with Crippen LogP contribution in [-0.4, -0.2) is 72.3 Å². The van der Waals surface area contributed by atoms with E-state index in [1.807, 2.05) is 23.6 Å². The van der Waals surface area contributed by atoms with Crippen LogP contribution in [0, 0.1) is 5.92 Å². The molecular weight excluding hydrogens is 266 g/mol. The predicted octanol–water partition coefficient (Wildman–Crippen LogP) is 1.19. The van der Waals surface area contributed by atoms with Crippen molar-refractivity contribution in [1.82, 2.24) is 14.7 Å². The zero-order valence-corrected chi connectivity index (χ0v) is 13.5. The molecule has 120 valence electrons. The van der Waals surface area contributed by atoms with Crippen LogP contribution in [-0.2, 0) is 9.59 Å². The maximum absolute atomic E-state index is 12.1. The second-order valence-corrected chi connectivity index (χ2v) is 6.51. The predicted molar refractivity (Wildman–Crippen MR) is 82.9 cm³/mol. The van der Waals surface area contributed by atoms with Crippen LogP contribution in [0.1, 0.15) is 39.5 Å². The standard InChI is InChI=1S/C16H29N3O2/c1-14(2)16(21)19-12-10-17(11-13-19)9-6-15(20)18-7-4-3-5-8-18/h14H,3-13H2,1-2H3. The van der Waals surface area contributed by atoms with Gasteiger partial charge in [0, 0.05) is 58.2 Å². The maximum Gasteiger partial charge on any atom is 0.225 e. The number of piperidine rings is 1. The van der Waals surface area contributed by atoms with E-state index in [2.05, 4.69) is 4.90 Å². The van der Waals surface area contributed by atoms with E-state index < -0.39 is 0 Å². The molecule has 5 nitrogen and oxygen atoms in total. The number of piperazine rings is 1. The summed E-state index contributed by atoms with van der Waals surface area (Å²) in [6.45, 7) is 10.0. The van der Waals surface area contributed by atoms with Gasteiger partial charge in [-0.15, -0.1) is 0 Å². The molecule has 21 heavy (non-hydrogen) atoms. The van der Waals surface area contributed by atoms with Crippen molar-refractivity contribution in [3.05, 3.63) is 0 Å². The molecule has 2 saturated heterocycles. The lowest BCUT2D eigenvalue weighted by Crippen LogP contribution is -2.50. The van der Waals surface area contributed by atoms with Crippen molar-refractivity contribution in [3.63, 3.8) is 0 Å². The molecule has 5 heteroatoms. The highest BCUT2D eigenvalue weighted by Gasteiger charge is 2.23. The van der Waals surface area contributed by atoms with Gasteiger partial charge in [0.15, 0.2) is 0 Å². The first-order valence-electron chi connectivity index (χ1n) is 8.37. The molecule has 0 saturated carbocycles. The molecule has 2 rings (SSSR count). The van der Waals surface area contributed by atoms with Crippen molar-refractivity contribution in [2.75, 3.05) is 45.8 Å². The molecule has 2 heterocycles. The van der Waals surface area contributed by atoms with E-state index >= 15 is 0 Å². The Hall–Kier alpha value is -1.10. The van der Waals surface area contributed by atoms with Crippen LogP contribution in [0.25, 0.3) is 0 Å². The van der Waals surface area contributed by atoms with Gasteiger partial charge in [0.2, 0.25) is 11.8 Å². The molecule has 0 aromatic heterocycles. The number of amides is 2. The van der Waals surface area contributed by atoms with Gasteiger partial charge >= 0.3 is 0 Å². The molecule has 0 unspecified atom stereocenters. The van der Waals surface area contributed by atoms with Crippen LogP contribution >= 0.6 is 0 Å². The molecule has 0 aromatic carbocycles. The molecule has 0 aliphatic carbocycles. The molecular formula is C16H29N3O2. The summed E-state index contributed by atoms with van der Waals surface area (Å²) < 4.78 is 0. The fraction of sp³-hybridized carbons (Fsp3) is 0.875. The van der Waals surface area contributed by atoms with E-state index in [1.54, 1.807) is 0 Å². The molecule has 0 spiro atoms. The van der Waals surface area contributed by atoms with Crippen LogP contribution in [0.4, 0.5) is 0 Å². The van der Waals surface area contributed by atoms with Gasteiger partial charge in [-0.2, -0.15) is 0 Å². The van der Waals surface area contributed by atoms with Crippen LogP contribution in [0.15, 0.2) is 0 Å². The summed E-state index contributed by atoms with van der Waals surface area (Å²) in [5, 5.41) is 0. The zero-order valence-electron chi connectivity index (χ0n) is 13.5. The molecule has 2 aliphatic rings. The number of hydrogen-bond donors (Lipinski definition) is 0. The Morgan fingerprint density at radius 1 is 0.857 bits per heavy atom. The number of rotatable bonds is 4. The van der Waals surface area contributed by atoms with E-state index in [9.17, 15) is 9.59 Å². The fourth-order valence-corrected chi connectivity index (χ4v) is 3.11. The number of nitrogens with zero attached hydrogens (tertiary/aromatic N) is 3. The number of carbonyl (C=O) groups is 2. The monoisotopic (exact) mass is 295 g/mol. The number of carbonyl (C=O) groups excluding carboxylic acids is 2. The third-order valence-electron chi connectivity index (χ3n) is 4.53. The van der Waals surface area contributed by atoms with E-state index in [-0.39, 0.29) is 11.8 Å². The summed E-state index contributed by atoms with van der Waals surface area (Å²) in [7, 11) is 0. The maximum atomic E-state index is 12.1. The molecule has 0 bridgehead atoms. The SMILES string of the molecule is CC(C)C(=O)N1CCN(CCC(=O)N2CCCCC2)CC1. The molecule has 2 aliphatic heterocycles. The van der Waals surface area contributed by atoms with Gasteiger partial charge in [0.05, 0.1) is 0 Å². The lowest BCUT2D eigenvalue weighted by molar-refractivity contribution is -0.137. The van der Waals surface area contributed by atoms with E-state index in [4.69, 9.17) is 0 Å². The summed E-state index contributed by atoms with van der Waals surface area (Å²) in [5.74, 6) is 0.631. The third-order valence-corrected chi connectivity index (χ3v) is 4.53. The van der Waals surface area contributed by atoms with Gasteiger partial charge in [-0.05, 0) is 19.3 Å². The van der Waals surface area contributed by atoms with Gasteiger partial charge in [-0.1, -0.05) is 13.8 Å². The summed E-state index contributed by atoms with van der Waals surface area (Å²) in [6.07, 6.45) is 4.19. The average Bonchev–Trinajstić information content (AvgIpc) is 2.53. The first-order valence-corrected chi connectivity index (χ1v) is 8.37. The van der Waals surface area contributed by atoms with Gasteiger partial charge in [0.25, 0.3) is 0 Å². The Labute approximate surface area is 128 Å². The summed E-state index contributed by atoms with van der Waals surface area (Å²) >= 11 is 0. The van der Waals surface area contributed by atoms with Crippen LogP contribution in [0.2, 0.25) is 0 Å². The average molecular weight is 295 g/mol. The molecule has 2 fully saturated rings. The Morgan fingerprint density at radius 2 is 1.48 bits per heavy atom. The number of likely N-dealkylation sites (tertiary alicyclic amines) is 1. The van der Waals surface area contributed by atoms with Crippen molar-refractivity contribution < 1.29 is 9.59 Å². The fourth-order valence-electron chi connectivity index (χ4n) is 3.11. The van der Waals surface area contributed by atoms with Crippen molar-refractivity contribution >= 4 is 11.8 Å². The van der Waals surface area contributed by atoms with Gasteiger partial charge in [-0.25, -0.2) is 0 Å². The highest BCUT2D eigenvalue weighted by molar-refractivity contribution is 5.78. The highest BCUT2D eigenvalue weighted by atomic mass is 16.2. The quantitative estimate of drug-likeness (QED) is 0.782. The van der Waals surface area contributed by atoms with Gasteiger partial charge < -0.3 is 9.80 Å².